The Morgan fingerprint density at radius 2 is 1.79 bits per heavy atom. The van der Waals surface area contributed by atoms with Gasteiger partial charge in [-0.25, -0.2) is 0 Å². The summed E-state index contributed by atoms with van der Waals surface area (Å²) < 4.78 is 0. The molecule has 0 radical (unpaired) electrons. The molecular formula is C13H12S. The highest BCUT2D eigenvalue weighted by molar-refractivity contribution is 7.79. The van der Waals surface area contributed by atoms with Crippen molar-refractivity contribution in [2.75, 3.05) is 0 Å². The highest BCUT2D eigenvalue weighted by Gasteiger charge is 2.14. The second-order valence-electron chi connectivity index (χ2n) is 3.88. The van der Waals surface area contributed by atoms with Crippen LogP contribution in [0.15, 0.2) is 30.3 Å². The first-order valence-electron chi connectivity index (χ1n) is 5.03. The SMILES string of the molecule is SCc1ccc2c3c(cccc13)CC2. The molecule has 1 heteroatoms. The van der Waals surface area contributed by atoms with Crippen LogP contribution in [0.25, 0.3) is 10.8 Å². The van der Waals surface area contributed by atoms with Gasteiger partial charge >= 0.3 is 0 Å². The maximum absolute atomic E-state index is 4.37. The normalized spacial score (nSPS) is 13.8. The molecule has 14 heavy (non-hydrogen) atoms. The molecule has 0 fully saturated rings. The lowest BCUT2D eigenvalue weighted by Crippen LogP contribution is -1.85. The Morgan fingerprint density at radius 1 is 1.00 bits per heavy atom. The molecule has 0 spiro atoms. The summed E-state index contributed by atoms with van der Waals surface area (Å²) in [7, 11) is 0. The van der Waals surface area contributed by atoms with Crippen LogP contribution < -0.4 is 0 Å². The van der Waals surface area contributed by atoms with E-state index < -0.39 is 0 Å². The molecule has 0 bridgehead atoms. The zero-order valence-electron chi connectivity index (χ0n) is 7.96. The monoisotopic (exact) mass is 200 g/mol. The van der Waals surface area contributed by atoms with Gasteiger partial charge in [0.25, 0.3) is 0 Å². The summed E-state index contributed by atoms with van der Waals surface area (Å²) in [6, 6.07) is 11.1. The maximum Gasteiger partial charge on any atom is 0.0160 e. The second-order valence-corrected chi connectivity index (χ2v) is 4.20. The predicted molar refractivity (Wildman–Crippen MR) is 64.0 cm³/mol. The summed E-state index contributed by atoms with van der Waals surface area (Å²) in [5, 5.41) is 2.91. The van der Waals surface area contributed by atoms with Crippen molar-refractivity contribution in [3.63, 3.8) is 0 Å². The van der Waals surface area contributed by atoms with E-state index in [1.165, 1.54) is 40.3 Å². The topological polar surface area (TPSA) is 0 Å². The average Bonchev–Trinajstić information content (AvgIpc) is 2.65. The Kier molecular flexibility index (Phi) is 1.81. The fraction of sp³-hybridized carbons (Fsp3) is 0.231. The van der Waals surface area contributed by atoms with Crippen LogP contribution in [0.1, 0.15) is 16.7 Å². The van der Waals surface area contributed by atoms with E-state index in [-0.39, 0.29) is 0 Å². The molecule has 0 nitrogen and oxygen atoms in total. The van der Waals surface area contributed by atoms with Crippen LogP contribution >= 0.6 is 12.6 Å². The van der Waals surface area contributed by atoms with Gasteiger partial charge in [0.05, 0.1) is 0 Å². The van der Waals surface area contributed by atoms with Gasteiger partial charge in [0, 0.05) is 5.75 Å². The van der Waals surface area contributed by atoms with Crippen molar-refractivity contribution in [1.82, 2.24) is 0 Å². The summed E-state index contributed by atoms with van der Waals surface area (Å²) >= 11 is 4.37. The number of rotatable bonds is 1. The van der Waals surface area contributed by atoms with Crippen LogP contribution in [-0.2, 0) is 18.6 Å². The molecule has 2 aromatic rings. The first-order valence-corrected chi connectivity index (χ1v) is 5.66. The van der Waals surface area contributed by atoms with Crippen molar-refractivity contribution in [3.8, 4) is 0 Å². The summed E-state index contributed by atoms with van der Waals surface area (Å²) in [5.74, 6) is 0.834. The number of thiol groups is 1. The highest BCUT2D eigenvalue weighted by atomic mass is 32.1. The van der Waals surface area contributed by atoms with Gasteiger partial charge < -0.3 is 0 Å². The van der Waals surface area contributed by atoms with Gasteiger partial charge in [-0.15, -0.1) is 0 Å². The Morgan fingerprint density at radius 3 is 2.57 bits per heavy atom. The fourth-order valence-electron chi connectivity index (χ4n) is 2.45. The Bertz CT molecular complexity index is 490. The molecule has 0 heterocycles. The molecule has 3 rings (SSSR count). The quantitative estimate of drug-likeness (QED) is 0.670. The summed E-state index contributed by atoms with van der Waals surface area (Å²) in [6.45, 7) is 0. The number of aryl methyl sites for hydroxylation is 2. The molecule has 0 N–H and O–H groups in total. The molecule has 0 saturated heterocycles. The molecular weight excluding hydrogens is 188 g/mol. The number of benzene rings is 2. The minimum Gasteiger partial charge on any atom is -0.175 e. The maximum atomic E-state index is 4.37. The molecule has 0 atom stereocenters. The Balaban J connectivity index is 2.48. The third-order valence-electron chi connectivity index (χ3n) is 3.14. The molecule has 70 valence electrons. The van der Waals surface area contributed by atoms with Gasteiger partial charge in [-0.1, -0.05) is 30.3 Å². The van der Waals surface area contributed by atoms with E-state index in [1.54, 1.807) is 0 Å². The van der Waals surface area contributed by atoms with Gasteiger partial charge in [0.2, 0.25) is 0 Å². The first kappa shape index (κ1) is 8.37. The van der Waals surface area contributed by atoms with Crippen LogP contribution in [-0.4, -0.2) is 0 Å². The molecule has 1 aliphatic rings. The van der Waals surface area contributed by atoms with Gasteiger partial charge in [0.1, 0.15) is 0 Å². The molecule has 0 aliphatic heterocycles. The predicted octanol–water partition coefficient (Wildman–Crippen LogP) is 3.37. The van der Waals surface area contributed by atoms with E-state index in [2.05, 4.69) is 43.0 Å². The van der Waals surface area contributed by atoms with E-state index in [0.29, 0.717) is 0 Å². The lowest BCUT2D eigenvalue weighted by Gasteiger charge is -2.06. The van der Waals surface area contributed by atoms with E-state index >= 15 is 0 Å². The van der Waals surface area contributed by atoms with Crippen LogP contribution in [0.4, 0.5) is 0 Å². The Hall–Kier alpha value is -0.950. The van der Waals surface area contributed by atoms with Crippen molar-refractivity contribution in [2.24, 2.45) is 0 Å². The van der Waals surface area contributed by atoms with Crippen molar-refractivity contribution in [3.05, 3.63) is 47.0 Å². The summed E-state index contributed by atoms with van der Waals surface area (Å²) in [6.07, 6.45) is 2.42. The smallest absolute Gasteiger partial charge is 0.0160 e. The van der Waals surface area contributed by atoms with Gasteiger partial charge in [-0.3, -0.25) is 0 Å². The Labute approximate surface area is 89.4 Å². The third-order valence-corrected chi connectivity index (χ3v) is 3.48. The fourth-order valence-corrected chi connectivity index (χ4v) is 2.72. The van der Waals surface area contributed by atoms with E-state index in [4.69, 9.17) is 0 Å². The van der Waals surface area contributed by atoms with Crippen LogP contribution in [0.3, 0.4) is 0 Å². The average molecular weight is 200 g/mol. The minimum atomic E-state index is 0.834. The summed E-state index contributed by atoms with van der Waals surface area (Å²) in [4.78, 5) is 0. The largest absolute Gasteiger partial charge is 0.175 e. The van der Waals surface area contributed by atoms with Gasteiger partial charge in [-0.2, -0.15) is 12.6 Å². The van der Waals surface area contributed by atoms with Gasteiger partial charge in [0.15, 0.2) is 0 Å². The van der Waals surface area contributed by atoms with Crippen molar-refractivity contribution in [2.45, 2.75) is 18.6 Å². The van der Waals surface area contributed by atoms with E-state index in [0.717, 1.165) is 5.75 Å². The first-order chi connectivity index (χ1) is 6.90. The molecule has 0 aromatic heterocycles. The lowest BCUT2D eigenvalue weighted by atomic mass is 10.0. The minimum absolute atomic E-state index is 0.834. The molecule has 0 unspecified atom stereocenters. The van der Waals surface area contributed by atoms with Crippen LogP contribution in [0, 0.1) is 0 Å². The van der Waals surface area contributed by atoms with Crippen LogP contribution in [0.2, 0.25) is 0 Å². The van der Waals surface area contributed by atoms with E-state index in [9.17, 15) is 0 Å². The zero-order chi connectivity index (χ0) is 9.54. The highest BCUT2D eigenvalue weighted by Crippen LogP contribution is 2.33. The lowest BCUT2D eigenvalue weighted by molar-refractivity contribution is 1.02. The number of hydrogen-bond donors (Lipinski definition) is 1. The molecule has 0 amide bonds. The molecule has 0 saturated carbocycles. The second kappa shape index (κ2) is 3.03. The summed E-state index contributed by atoms with van der Waals surface area (Å²) in [5.41, 5.74) is 4.39. The van der Waals surface area contributed by atoms with Crippen LogP contribution in [0.5, 0.6) is 0 Å². The third kappa shape index (κ3) is 1.02. The molecule has 2 aromatic carbocycles. The standard InChI is InChI=1S/C13H12S/c14-8-11-7-6-10-5-4-9-2-1-3-12(11)13(9)10/h1-3,6-7,14H,4-5,8H2. The van der Waals surface area contributed by atoms with Gasteiger partial charge in [-0.05, 0) is 40.3 Å². The van der Waals surface area contributed by atoms with Crippen molar-refractivity contribution < 1.29 is 0 Å². The number of hydrogen-bond acceptors (Lipinski definition) is 1. The van der Waals surface area contributed by atoms with E-state index in [1.807, 2.05) is 0 Å². The van der Waals surface area contributed by atoms with Crippen molar-refractivity contribution >= 4 is 23.4 Å². The molecule has 1 aliphatic carbocycles. The zero-order valence-corrected chi connectivity index (χ0v) is 8.85. The van der Waals surface area contributed by atoms with Crippen molar-refractivity contribution in [1.29, 1.82) is 0 Å².